The number of halogens is 2. The Kier molecular flexibility index (Phi) is 4.90. The molecule has 0 saturated heterocycles. The summed E-state index contributed by atoms with van der Waals surface area (Å²) in [7, 11) is 1.52. The summed E-state index contributed by atoms with van der Waals surface area (Å²) in [5.74, 6) is 0.850. The van der Waals surface area contributed by atoms with Crippen LogP contribution in [0.25, 0.3) is 11.9 Å². The smallest absolute Gasteiger partial charge is 0.244 e. The maximum absolute atomic E-state index is 14.9. The maximum atomic E-state index is 14.9. The lowest BCUT2D eigenvalue weighted by molar-refractivity contribution is -0.120. The number of hydrogen-bond donors (Lipinski definition) is 2. The van der Waals surface area contributed by atoms with Crippen LogP contribution < -0.4 is 11.1 Å². The van der Waals surface area contributed by atoms with Gasteiger partial charge in [0, 0.05) is 12.6 Å². The van der Waals surface area contributed by atoms with Crippen molar-refractivity contribution in [2.75, 3.05) is 7.05 Å². The van der Waals surface area contributed by atoms with E-state index in [0.717, 1.165) is 11.8 Å². The molecule has 2 heterocycles. The average Bonchev–Trinajstić information content (AvgIpc) is 3.51. The highest BCUT2D eigenvalue weighted by Gasteiger charge is 2.62. The first kappa shape index (κ1) is 20.8. The number of carbonyl (C=O) groups is 1. The SMILES string of the molecule is C#Cc1cnc(/C(F)=C/c2ccc(F)c([C@@]3(C)N=C(N)SC4(C(=O)NC)C=C43)c2)cn1. The third kappa shape index (κ3) is 3.39. The Morgan fingerprint density at radius 2 is 2.13 bits per heavy atom. The minimum absolute atomic E-state index is 0.00375. The number of carbonyl (C=O) groups excluding carboxylic acids is 1. The van der Waals surface area contributed by atoms with Crippen molar-refractivity contribution in [1.29, 1.82) is 0 Å². The van der Waals surface area contributed by atoms with Crippen molar-refractivity contribution in [1.82, 2.24) is 15.3 Å². The van der Waals surface area contributed by atoms with Crippen molar-refractivity contribution < 1.29 is 13.6 Å². The minimum Gasteiger partial charge on any atom is -0.378 e. The van der Waals surface area contributed by atoms with Crippen LogP contribution in [0, 0.1) is 18.2 Å². The fourth-order valence-corrected chi connectivity index (χ4v) is 4.84. The normalized spacial score (nSPS) is 24.4. The van der Waals surface area contributed by atoms with E-state index in [-0.39, 0.29) is 28.0 Å². The van der Waals surface area contributed by atoms with E-state index in [1.54, 1.807) is 13.0 Å². The van der Waals surface area contributed by atoms with Gasteiger partial charge in [-0.3, -0.25) is 4.79 Å². The first-order chi connectivity index (χ1) is 14.7. The molecule has 2 aromatic rings. The molecule has 0 saturated carbocycles. The molecule has 0 radical (unpaired) electrons. The minimum atomic E-state index is -1.19. The number of amides is 1. The van der Waals surface area contributed by atoms with Crippen LogP contribution in [0.1, 0.15) is 29.4 Å². The van der Waals surface area contributed by atoms with Crippen molar-refractivity contribution in [2.24, 2.45) is 10.7 Å². The molecule has 3 N–H and O–H groups in total. The van der Waals surface area contributed by atoms with Gasteiger partial charge in [0.15, 0.2) is 11.0 Å². The van der Waals surface area contributed by atoms with Gasteiger partial charge >= 0.3 is 0 Å². The molecular formula is C22H17F2N5OS. The number of terminal acetylenes is 1. The van der Waals surface area contributed by atoms with Crippen molar-refractivity contribution in [2.45, 2.75) is 17.2 Å². The van der Waals surface area contributed by atoms with Gasteiger partial charge in [-0.05, 0) is 42.2 Å². The average molecular weight is 437 g/mol. The van der Waals surface area contributed by atoms with Gasteiger partial charge < -0.3 is 11.1 Å². The lowest BCUT2D eigenvalue weighted by atomic mass is 9.86. The first-order valence-corrected chi connectivity index (χ1v) is 10.0. The molecule has 6 nitrogen and oxygen atoms in total. The number of nitrogens with two attached hydrogens (primary N) is 1. The van der Waals surface area contributed by atoms with Gasteiger partial charge in [0.2, 0.25) is 5.91 Å². The lowest BCUT2D eigenvalue weighted by Gasteiger charge is -2.33. The van der Waals surface area contributed by atoms with Crippen molar-refractivity contribution >= 4 is 34.7 Å². The van der Waals surface area contributed by atoms with Crippen LogP contribution in [0.5, 0.6) is 0 Å². The van der Waals surface area contributed by atoms with E-state index in [1.807, 2.05) is 0 Å². The van der Waals surface area contributed by atoms with Crippen LogP contribution in [0.2, 0.25) is 0 Å². The van der Waals surface area contributed by atoms with E-state index < -0.39 is 21.9 Å². The summed E-state index contributed by atoms with van der Waals surface area (Å²) in [6.07, 6.45) is 10.7. The molecule has 0 bridgehead atoms. The van der Waals surface area contributed by atoms with Crippen molar-refractivity contribution in [3.8, 4) is 12.3 Å². The molecule has 2 aliphatic rings. The van der Waals surface area contributed by atoms with Crippen LogP contribution in [0.15, 0.2) is 47.2 Å². The monoisotopic (exact) mass is 437 g/mol. The third-order valence-electron chi connectivity index (χ3n) is 5.21. The summed E-state index contributed by atoms with van der Waals surface area (Å²) in [6.45, 7) is 1.68. The zero-order valence-electron chi connectivity index (χ0n) is 16.6. The summed E-state index contributed by atoms with van der Waals surface area (Å²) in [5, 5.41) is 2.77. The molecule has 2 atom stereocenters. The molecule has 1 unspecified atom stereocenters. The Labute approximate surface area is 181 Å². The van der Waals surface area contributed by atoms with Gasteiger partial charge in [0.05, 0.1) is 12.4 Å². The summed E-state index contributed by atoms with van der Waals surface area (Å²) in [4.78, 5) is 24.7. The second kappa shape index (κ2) is 7.32. The summed E-state index contributed by atoms with van der Waals surface area (Å²) < 4.78 is 28.6. The highest BCUT2D eigenvalue weighted by Crippen LogP contribution is 2.60. The molecule has 0 fully saturated rings. The number of fused-ring (bicyclic) bond motifs is 1. The molecule has 0 spiro atoms. The number of aromatic nitrogens is 2. The largest absolute Gasteiger partial charge is 0.378 e. The predicted molar refractivity (Wildman–Crippen MR) is 117 cm³/mol. The van der Waals surface area contributed by atoms with Crippen LogP contribution in [-0.4, -0.2) is 32.8 Å². The maximum Gasteiger partial charge on any atom is 0.244 e. The second-order valence-corrected chi connectivity index (χ2v) is 8.43. The zero-order chi connectivity index (χ0) is 22.4. The first-order valence-electron chi connectivity index (χ1n) is 9.20. The van der Waals surface area contributed by atoms with Gasteiger partial charge in [0.25, 0.3) is 0 Å². The quantitative estimate of drug-likeness (QED) is 0.567. The van der Waals surface area contributed by atoms with Crippen LogP contribution >= 0.6 is 11.8 Å². The number of nitrogens with one attached hydrogen (secondary N) is 1. The predicted octanol–water partition coefficient (Wildman–Crippen LogP) is 2.77. The number of benzene rings is 1. The van der Waals surface area contributed by atoms with Crippen molar-refractivity contribution in [3.05, 3.63) is 70.6 Å². The summed E-state index contributed by atoms with van der Waals surface area (Å²) >= 11 is 1.11. The number of aliphatic imine (C=N–C) groups is 1. The Morgan fingerprint density at radius 1 is 1.35 bits per heavy atom. The molecule has 1 aromatic heterocycles. The van der Waals surface area contributed by atoms with Gasteiger partial charge in [0.1, 0.15) is 27.5 Å². The molecular weight excluding hydrogens is 420 g/mol. The molecule has 156 valence electrons. The van der Waals surface area contributed by atoms with E-state index in [2.05, 4.69) is 26.2 Å². The lowest BCUT2D eigenvalue weighted by Crippen LogP contribution is -2.43. The molecule has 4 rings (SSSR count). The highest BCUT2D eigenvalue weighted by molar-refractivity contribution is 8.16. The van der Waals surface area contributed by atoms with E-state index in [0.29, 0.717) is 11.1 Å². The summed E-state index contributed by atoms with van der Waals surface area (Å²) in [6, 6.07) is 4.15. The Bertz CT molecular complexity index is 1230. The highest BCUT2D eigenvalue weighted by atomic mass is 32.2. The summed E-state index contributed by atoms with van der Waals surface area (Å²) in [5.41, 5.74) is 6.28. The van der Waals surface area contributed by atoms with Gasteiger partial charge in [-0.2, -0.15) is 0 Å². The van der Waals surface area contributed by atoms with E-state index >= 15 is 0 Å². The number of hydrogen-bond acceptors (Lipinski definition) is 6. The molecule has 1 aromatic carbocycles. The number of nitrogens with zero attached hydrogens (tertiary/aromatic N) is 3. The van der Waals surface area contributed by atoms with Crippen LogP contribution in [0.3, 0.4) is 0 Å². The second-order valence-electron chi connectivity index (χ2n) is 7.16. The fraction of sp³-hybridized carbons (Fsp3) is 0.182. The number of rotatable bonds is 4. The number of amidine groups is 1. The van der Waals surface area contributed by atoms with E-state index in [1.165, 1.54) is 43.7 Å². The molecule has 9 heteroatoms. The fourth-order valence-electron chi connectivity index (χ4n) is 3.60. The van der Waals surface area contributed by atoms with Gasteiger partial charge in [-0.1, -0.05) is 23.9 Å². The molecule has 1 aliphatic heterocycles. The van der Waals surface area contributed by atoms with E-state index in [9.17, 15) is 13.6 Å². The third-order valence-corrected chi connectivity index (χ3v) is 6.35. The topological polar surface area (TPSA) is 93.3 Å². The Hall–Kier alpha value is -3.51. The van der Waals surface area contributed by atoms with Gasteiger partial charge in [-0.15, -0.1) is 6.42 Å². The standard InChI is InChI=1S/C22H17F2N5OS/c1-4-13-10-28-17(11-27-13)16(24)8-12-5-6-15(23)14(7-12)21(2)18-9-22(18,19(30)26-3)31-20(25)29-21/h1,5-11H,2-3H3,(H2,25,29)(H,26,30)/b16-8-/t21-,22?/m1/s1. The number of thioether (sulfide) groups is 1. The molecule has 1 amide bonds. The zero-order valence-corrected chi connectivity index (χ0v) is 17.4. The molecule has 31 heavy (non-hydrogen) atoms. The molecule has 1 aliphatic carbocycles. The van der Waals surface area contributed by atoms with Crippen LogP contribution in [-0.2, 0) is 10.3 Å². The van der Waals surface area contributed by atoms with Gasteiger partial charge in [-0.25, -0.2) is 23.7 Å². The Morgan fingerprint density at radius 3 is 2.77 bits per heavy atom. The van der Waals surface area contributed by atoms with Crippen LogP contribution in [0.4, 0.5) is 8.78 Å². The Balaban J connectivity index is 1.73. The van der Waals surface area contributed by atoms with E-state index in [4.69, 9.17) is 12.2 Å². The van der Waals surface area contributed by atoms with Crippen molar-refractivity contribution in [3.63, 3.8) is 0 Å².